The maximum Gasteiger partial charge on any atom is 0.162 e. The van der Waals surface area contributed by atoms with E-state index in [0.29, 0.717) is 22.6 Å². The number of hydrogen-bond donors (Lipinski definition) is 1. The highest BCUT2D eigenvalue weighted by Crippen LogP contribution is 2.36. The molecule has 1 aromatic rings. The summed E-state index contributed by atoms with van der Waals surface area (Å²) in [6.07, 6.45) is 4.44. The Morgan fingerprint density at radius 3 is 2.65 bits per heavy atom. The summed E-state index contributed by atoms with van der Waals surface area (Å²) in [4.78, 5) is 0. The fourth-order valence-corrected chi connectivity index (χ4v) is 2.84. The standard InChI is InChI=1S/C15H22ClNO3/c1-18-14-8-11(12(16)9-15(14)19-2)13(17)6-5-10-4-3-7-20-10/h8-10,13H,3-7,17H2,1-2H3. The van der Waals surface area contributed by atoms with Crippen molar-refractivity contribution in [2.45, 2.75) is 37.8 Å². The summed E-state index contributed by atoms with van der Waals surface area (Å²) in [7, 11) is 3.19. The van der Waals surface area contributed by atoms with Crippen LogP contribution in [0, 0.1) is 0 Å². The van der Waals surface area contributed by atoms with Gasteiger partial charge in [-0.1, -0.05) is 11.6 Å². The van der Waals surface area contributed by atoms with E-state index in [0.717, 1.165) is 37.9 Å². The summed E-state index contributed by atoms with van der Waals surface area (Å²) >= 11 is 6.28. The number of ether oxygens (including phenoxy) is 3. The molecule has 2 N–H and O–H groups in total. The fourth-order valence-electron chi connectivity index (χ4n) is 2.55. The number of benzene rings is 1. The molecule has 4 nitrogen and oxygen atoms in total. The molecular weight excluding hydrogens is 278 g/mol. The zero-order chi connectivity index (χ0) is 14.5. The molecule has 0 spiro atoms. The van der Waals surface area contributed by atoms with Gasteiger partial charge in [0.2, 0.25) is 0 Å². The molecule has 20 heavy (non-hydrogen) atoms. The molecule has 1 saturated heterocycles. The Kier molecular flexibility index (Phi) is 5.52. The lowest BCUT2D eigenvalue weighted by molar-refractivity contribution is 0.101. The van der Waals surface area contributed by atoms with E-state index in [2.05, 4.69) is 0 Å². The largest absolute Gasteiger partial charge is 0.493 e. The van der Waals surface area contributed by atoms with Gasteiger partial charge in [0, 0.05) is 23.7 Å². The minimum absolute atomic E-state index is 0.119. The molecule has 2 rings (SSSR count). The van der Waals surface area contributed by atoms with Gasteiger partial charge in [0.1, 0.15) is 0 Å². The summed E-state index contributed by atoms with van der Waals surface area (Å²) < 4.78 is 16.1. The second kappa shape index (κ2) is 7.16. The molecule has 1 aromatic carbocycles. The van der Waals surface area contributed by atoms with Crippen LogP contribution in [-0.2, 0) is 4.74 Å². The Labute approximate surface area is 125 Å². The van der Waals surface area contributed by atoms with E-state index in [9.17, 15) is 0 Å². The molecule has 2 atom stereocenters. The third-order valence-electron chi connectivity index (χ3n) is 3.73. The quantitative estimate of drug-likeness (QED) is 0.875. The van der Waals surface area contributed by atoms with E-state index < -0.39 is 0 Å². The Morgan fingerprint density at radius 2 is 2.05 bits per heavy atom. The molecule has 112 valence electrons. The van der Waals surface area contributed by atoms with Crippen molar-refractivity contribution < 1.29 is 14.2 Å². The molecule has 0 amide bonds. The average molecular weight is 300 g/mol. The van der Waals surface area contributed by atoms with Crippen LogP contribution in [0.2, 0.25) is 5.02 Å². The van der Waals surface area contributed by atoms with Gasteiger partial charge in [0.05, 0.1) is 20.3 Å². The Bertz CT molecular complexity index is 447. The third-order valence-corrected chi connectivity index (χ3v) is 4.05. The fraction of sp³-hybridized carbons (Fsp3) is 0.600. The lowest BCUT2D eigenvalue weighted by Gasteiger charge is -2.18. The zero-order valence-electron chi connectivity index (χ0n) is 12.0. The molecule has 0 saturated carbocycles. The lowest BCUT2D eigenvalue weighted by Crippen LogP contribution is -2.15. The van der Waals surface area contributed by atoms with Crippen molar-refractivity contribution in [3.8, 4) is 11.5 Å². The molecule has 0 bridgehead atoms. The van der Waals surface area contributed by atoms with Crippen LogP contribution in [0.3, 0.4) is 0 Å². The van der Waals surface area contributed by atoms with Crippen LogP contribution in [0.25, 0.3) is 0 Å². The van der Waals surface area contributed by atoms with Gasteiger partial charge in [0.25, 0.3) is 0 Å². The van der Waals surface area contributed by atoms with Gasteiger partial charge in [-0.3, -0.25) is 0 Å². The molecule has 1 aliphatic heterocycles. The van der Waals surface area contributed by atoms with Crippen LogP contribution in [0.5, 0.6) is 11.5 Å². The molecule has 1 heterocycles. The summed E-state index contributed by atoms with van der Waals surface area (Å²) in [5, 5.41) is 0.613. The van der Waals surface area contributed by atoms with Crippen LogP contribution >= 0.6 is 11.6 Å². The number of rotatable bonds is 6. The minimum Gasteiger partial charge on any atom is -0.493 e. The highest BCUT2D eigenvalue weighted by Gasteiger charge is 2.19. The van der Waals surface area contributed by atoms with Crippen molar-refractivity contribution in [3.05, 3.63) is 22.7 Å². The first-order chi connectivity index (χ1) is 9.65. The summed E-state index contributed by atoms with van der Waals surface area (Å²) in [6.45, 7) is 0.872. The maximum absolute atomic E-state index is 6.28. The second-order valence-electron chi connectivity index (χ2n) is 5.05. The molecule has 0 radical (unpaired) electrons. The molecule has 1 aliphatic rings. The second-order valence-corrected chi connectivity index (χ2v) is 5.45. The minimum atomic E-state index is -0.119. The van der Waals surface area contributed by atoms with Crippen LogP contribution in [0.15, 0.2) is 12.1 Å². The predicted molar refractivity (Wildman–Crippen MR) is 79.7 cm³/mol. The van der Waals surface area contributed by atoms with Gasteiger partial charge in [-0.2, -0.15) is 0 Å². The van der Waals surface area contributed by atoms with E-state index in [1.54, 1.807) is 20.3 Å². The Morgan fingerprint density at radius 1 is 1.35 bits per heavy atom. The number of methoxy groups -OCH3 is 2. The van der Waals surface area contributed by atoms with Gasteiger partial charge in [-0.15, -0.1) is 0 Å². The van der Waals surface area contributed by atoms with E-state index in [-0.39, 0.29) is 6.04 Å². The molecule has 2 unspecified atom stereocenters. The normalized spacial score (nSPS) is 19.9. The van der Waals surface area contributed by atoms with E-state index in [4.69, 9.17) is 31.5 Å². The van der Waals surface area contributed by atoms with Crippen molar-refractivity contribution >= 4 is 11.6 Å². The van der Waals surface area contributed by atoms with Gasteiger partial charge >= 0.3 is 0 Å². The van der Waals surface area contributed by atoms with Crippen LogP contribution in [0.4, 0.5) is 0 Å². The number of nitrogens with two attached hydrogens (primary N) is 1. The Balaban J connectivity index is 2.06. The zero-order valence-corrected chi connectivity index (χ0v) is 12.8. The van der Waals surface area contributed by atoms with Crippen molar-refractivity contribution in [2.24, 2.45) is 5.73 Å². The topological polar surface area (TPSA) is 53.7 Å². The first-order valence-electron chi connectivity index (χ1n) is 6.94. The van der Waals surface area contributed by atoms with Crippen molar-refractivity contribution in [1.82, 2.24) is 0 Å². The summed E-state index contributed by atoms with van der Waals surface area (Å²) in [5.74, 6) is 1.27. The highest BCUT2D eigenvalue weighted by atomic mass is 35.5. The van der Waals surface area contributed by atoms with Gasteiger partial charge in [-0.05, 0) is 37.3 Å². The number of halogens is 1. The highest BCUT2D eigenvalue weighted by molar-refractivity contribution is 6.31. The first kappa shape index (κ1) is 15.4. The monoisotopic (exact) mass is 299 g/mol. The summed E-state index contributed by atoms with van der Waals surface area (Å²) in [5.41, 5.74) is 7.14. The van der Waals surface area contributed by atoms with Gasteiger partial charge in [-0.25, -0.2) is 0 Å². The molecule has 0 aliphatic carbocycles. The van der Waals surface area contributed by atoms with Crippen LogP contribution < -0.4 is 15.2 Å². The van der Waals surface area contributed by atoms with Gasteiger partial charge < -0.3 is 19.9 Å². The van der Waals surface area contributed by atoms with Crippen LogP contribution in [-0.4, -0.2) is 26.9 Å². The SMILES string of the molecule is COc1cc(Cl)c(C(N)CCC2CCCO2)cc1OC. The van der Waals surface area contributed by atoms with Crippen molar-refractivity contribution in [2.75, 3.05) is 20.8 Å². The van der Waals surface area contributed by atoms with Crippen molar-refractivity contribution in [1.29, 1.82) is 0 Å². The van der Waals surface area contributed by atoms with Crippen molar-refractivity contribution in [3.63, 3.8) is 0 Å². The van der Waals surface area contributed by atoms with Gasteiger partial charge in [0.15, 0.2) is 11.5 Å². The molecule has 1 fully saturated rings. The smallest absolute Gasteiger partial charge is 0.162 e. The lowest BCUT2D eigenvalue weighted by atomic mass is 9.99. The number of hydrogen-bond acceptors (Lipinski definition) is 4. The Hall–Kier alpha value is -0.970. The van der Waals surface area contributed by atoms with E-state index >= 15 is 0 Å². The first-order valence-corrected chi connectivity index (χ1v) is 7.32. The molecule has 5 heteroatoms. The average Bonchev–Trinajstić information content (AvgIpc) is 2.97. The van der Waals surface area contributed by atoms with E-state index in [1.165, 1.54) is 0 Å². The summed E-state index contributed by atoms with van der Waals surface area (Å²) in [6, 6.07) is 3.50. The third kappa shape index (κ3) is 3.57. The predicted octanol–water partition coefficient (Wildman–Crippen LogP) is 3.32. The van der Waals surface area contributed by atoms with Crippen LogP contribution in [0.1, 0.15) is 37.3 Å². The van der Waals surface area contributed by atoms with E-state index in [1.807, 2.05) is 6.07 Å². The molecule has 0 aromatic heterocycles. The maximum atomic E-state index is 6.28. The molecular formula is C15H22ClNO3.